The molecular weight excluding hydrogens is 435 g/mol. The van der Waals surface area contributed by atoms with Crippen molar-refractivity contribution in [1.82, 2.24) is 0 Å². The van der Waals surface area contributed by atoms with E-state index in [2.05, 4.69) is 56.1 Å². The molecule has 0 atom stereocenters. The Kier molecular flexibility index (Phi) is 6.61. The van der Waals surface area contributed by atoms with Crippen LogP contribution in [0.5, 0.6) is 0 Å². The molecule has 2 aromatic rings. The lowest BCUT2D eigenvalue weighted by molar-refractivity contribution is 0.386. The van der Waals surface area contributed by atoms with Crippen molar-refractivity contribution in [2.75, 3.05) is 10.7 Å². The quantitative estimate of drug-likeness (QED) is 0.437. The third-order valence-corrected chi connectivity index (χ3v) is 6.69. The van der Waals surface area contributed by atoms with E-state index in [1.165, 1.54) is 5.56 Å². The van der Waals surface area contributed by atoms with Gasteiger partial charge in [0, 0.05) is 20.7 Å². The van der Waals surface area contributed by atoms with Gasteiger partial charge < -0.3 is 0 Å². The maximum absolute atomic E-state index is 6.34. The van der Waals surface area contributed by atoms with Gasteiger partial charge in [-0.15, -0.1) is 0 Å². The fourth-order valence-corrected chi connectivity index (χ4v) is 4.64. The molecule has 0 nitrogen and oxygen atoms in total. The summed E-state index contributed by atoms with van der Waals surface area (Å²) in [6.07, 6.45) is 1.79. The van der Waals surface area contributed by atoms with Crippen LogP contribution in [0.3, 0.4) is 0 Å². The minimum absolute atomic E-state index is 0.0377. The van der Waals surface area contributed by atoms with Crippen molar-refractivity contribution in [2.45, 2.75) is 12.8 Å². The predicted octanol–water partition coefficient (Wildman–Crippen LogP) is 6.55. The molecule has 0 heterocycles. The predicted molar refractivity (Wildman–Crippen MR) is 100 cm³/mol. The van der Waals surface area contributed by atoms with E-state index in [9.17, 15) is 0 Å². The first-order chi connectivity index (χ1) is 10.1. The molecule has 0 saturated heterocycles. The SMILES string of the molecule is Clc1cccc(Cl)c1CC(CBr)(CBr)Cc1ccccc1. The van der Waals surface area contributed by atoms with Gasteiger partial charge >= 0.3 is 0 Å². The molecule has 0 fully saturated rings. The minimum Gasteiger partial charge on any atom is -0.0921 e. The van der Waals surface area contributed by atoms with Crippen LogP contribution >= 0.6 is 55.1 Å². The van der Waals surface area contributed by atoms with Crippen LogP contribution in [0.2, 0.25) is 10.0 Å². The summed E-state index contributed by atoms with van der Waals surface area (Å²) in [6.45, 7) is 0. The molecule has 0 aliphatic carbocycles. The lowest BCUT2D eigenvalue weighted by Crippen LogP contribution is -2.30. The molecule has 0 saturated carbocycles. The third-order valence-electron chi connectivity index (χ3n) is 3.60. The summed E-state index contributed by atoms with van der Waals surface area (Å²) in [5, 5.41) is 3.23. The van der Waals surface area contributed by atoms with E-state index < -0.39 is 0 Å². The third kappa shape index (κ3) is 4.48. The van der Waals surface area contributed by atoms with Gasteiger partial charge in [0.1, 0.15) is 0 Å². The van der Waals surface area contributed by atoms with Crippen LogP contribution in [0, 0.1) is 5.41 Å². The largest absolute Gasteiger partial charge is 0.0921 e. The average Bonchev–Trinajstić information content (AvgIpc) is 2.51. The maximum Gasteiger partial charge on any atom is 0.0453 e. The minimum atomic E-state index is 0.0377. The smallest absolute Gasteiger partial charge is 0.0453 e. The van der Waals surface area contributed by atoms with Crippen molar-refractivity contribution in [1.29, 1.82) is 0 Å². The first-order valence-electron chi connectivity index (χ1n) is 6.69. The number of halogens is 4. The molecule has 0 aromatic heterocycles. The van der Waals surface area contributed by atoms with Crippen molar-refractivity contribution in [3.8, 4) is 0 Å². The van der Waals surface area contributed by atoms with E-state index in [1.807, 2.05) is 24.3 Å². The summed E-state index contributed by atoms with van der Waals surface area (Å²) in [5.41, 5.74) is 2.38. The van der Waals surface area contributed by atoms with Gasteiger partial charge in [0.2, 0.25) is 0 Å². The van der Waals surface area contributed by atoms with Gasteiger partial charge in [-0.05, 0) is 41.5 Å². The number of alkyl halides is 2. The zero-order valence-corrected chi connectivity index (χ0v) is 16.1. The molecule has 0 N–H and O–H groups in total. The molecule has 0 amide bonds. The Hall–Kier alpha value is -0.0200. The van der Waals surface area contributed by atoms with E-state index in [0.29, 0.717) is 0 Å². The van der Waals surface area contributed by atoms with Gasteiger partial charge in [-0.3, -0.25) is 0 Å². The second-order valence-electron chi connectivity index (χ2n) is 5.31. The van der Waals surface area contributed by atoms with E-state index in [-0.39, 0.29) is 5.41 Å². The molecule has 0 aliphatic heterocycles. The van der Waals surface area contributed by atoms with Gasteiger partial charge in [-0.2, -0.15) is 0 Å². The highest BCUT2D eigenvalue weighted by Crippen LogP contribution is 2.37. The summed E-state index contributed by atoms with van der Waals surface area (Å²) >= 11 is 20.0. The van der Waals surface area contributed by atoms with Crippen LogP contribution in [0.1, 0.15) is 11.1 Å². The van der Waals surface area contributed by atoms with Gasteiger partial charge in [0.25, 0.3) is 0 Å². The zero-order valence-electron chi connectivity index (χ0n) is 11.5. The Morgan fingerprint density at radius 2 is 1.33 bits per heavy atom. The fourth-order valence-electron chi connectivity index (χ4n) is 2.39. The van der Waals surface area contributed by atoms with Crippen molar-refractivity contribution >= 4 is 55.1 Å². The monoisotopic (exact) mass is 448 g/mol. The van der Waals surface area contributed by atoms with Crippen LogP contribution in [0.15, 0.2) is 48.5 Å². The number of hydrogen-bond acceptors (Lipinski definition) is 0. The second kappa shape index (κ2) is 8.01. The van der Waals surface area contributed by atoms with Crippen molar-refractivity contribution in [3.63, 3.8) is 0 Å². The van der Waals surface area contributed by atoms with Gasteiger partial charge in [-0.1, -0.05) is 91.5 Å². The number of rotatable bonds is 6. The lowest BCUT2D eigenvalue weighted by atomic mass is 9.80. The molecule has 2 aromatic carbocycles. The Morgan fingerprint density at radius 3 is 1.86 bits per heavy atom. The standard InChI is InChI=1S/C17H16Br2Cl2/c18-11-17(12-19,9-13-5-2-1-3-6-13)10-14-15(20)7-4-8-16(14)21/h1-8H,9-12H2. The molecule has 0 unspecified atom stereocenters. The van der Waals surface area contributed by atoms with Crippen LogP contribution in [-0.2, 0) is 12.8 Å². The summed E-state index contributed by atoms with van der Waals surface area (Å²) in [5.74, 6) is 0. The summed E-state index contributed by atoms with van der Waals surface area (Å²) in [6, 6.07) is 16.2. The van der Waals surface area contributed by atoms with Crippen LogP contribution in [0.25, 0.3) is 0 Å². The van der Waals surface area contributed by atoms with Crippen LogP contribution < -0.4 is 0 Å². The highest BCUT2D eigenvalue weighted by atomic mass is 79.9. The van der Waals surface area contributed by atoms with Crippen molar-refractivity contribution < 1.29 is 0 Å². The molecular formula is C17H16Br2Cl2. The Balaban J connectivity index is 2.30. The Labute approximate surface area is 153 Å². The molecule has 112 valence electrons. The first kappa shape index (κ1) is 17.3. The topological polar surface area (TPSA) is 0 Å². The van der Waals surface area contributed by atoms with Crippen LogP contribution in [0.4, 0.5) is 0 Å². The van der Waals surface area contributed by atoms with Crippen LogP contribution in [-0.4, -0.2) is 10.7 Å². The van der Waals surface area contributed by atoms with Gasteiger partial charge in [-0.25, -0.2) is 0 Å². The first-order valence-corrected chi connectivity index (χ1v) is 9.69. The maximum atomic E-state index is 6.34. The molecule has 21 heavy (non-hydrogen) atoms. The average molecular weight is 451 g/mol. The van der Waals surface area contributed by atoms with E-state index in [4.69, 9.17) is 23.2 Å². The molecule has 0 bridgehead atoms. The van der Waals surface area contributed by atoms with Gasteiger partial charge in [0.05, 0.1) is 0 Å². The highest BCUT2D eigenvalue weighted by Gasteiger charge is 2.30. The highest BCUT2D eigenvalue weighted by molar-refractivity contribution is 9.09. The number of hydrogen-bond donors (Lipinski definition) is 0. The Morgan fingerprint density at radius 1 is 0.762 bits per heavy atom. The molecule has 0 spiro atoms. The zero-order chi connectivity index (χ0) is 15.3. The molecule has 0 aliphatic rings. The normalized spacial score (nSPS) is 11.6. The number of benzene rings is 2. The van der Waals surface area contributed by atoms with E-state index in [1.54, 1.807) is 0 Å². The van der Waals surface area contributed by atoms with Crippen molar-refractivity contribution in [2.24, 2.45) is 5.41 Å². The molecule has 4 heteroatoms. The summed E-state index contributed by atoms with van der Waals surface area (Å²) < 4.78 is 0. The molecule has 0 radical (unpaired) electrons. The van der Waals surface area contributed by atoms with Crippen molar-refractivity contribution in [3.05, 3.63) is 69.7 Å². The fraction of sp³-hybridized carbons (Fsp3) is 0.294. The van der Waals surface area contributed by atoms with E-state index >= 15 is 0 Å². The molecule has 2 rings (SSSR count). The summed E-state index contributed by atoms with van der Waals surface area (Å²) in [4.78, 5) is 0. The second-order valence-corrected chi connectivity index (χ2v) is 7.24. The lowest BCUT2D eigenvalue weighted by Gasteiger charge is -2.31. The van der Waals surface area contributed by atoms with E-state index in [0.717, 1.165) is 39.1 Å². The Bertz CT molecular complexity index is 560. The summed E-state index contributed by atoms with van der Waals surface area (Å²) in [7, 11) is 0. The van der Waals surface area contributed by atoms with Gasteiger partial charge in [0.15, 0.2) is 0 Å².